The van der Waals surface area contributed by atoms with Crippen LogP contribution in [-0.4, -0.2) is 16.4 Å². The molecule has 0 amide bonds. The fraction of sp³-hybridized carbons (Fsp3) is 0.231. The summed E-state index contributed by atoms with van der Waals surface area (Å²) in [6, 6.07) is 29.2. The molecule has 1 fully saturated rings. The third-order valence-corrected chi connectivity index (χ3v) is 10.0. The highest BCUT2D eigenvalue weighted by molar-refractivity contribution is 7.81. The highest BCUT2D eigenvalue weighted by atomic mass is 32.1. The van der Waals surface area contributed by atoms with E-state index in [2.05, 4.69) is 5.32 Å². The molecule has 0 bridgehead atoms. The van der Waals surface area contributed by atoms with Crippen molar-refractivity contribution in [3.63, 3.8) is 0 Å². The maximum absolute atomic E-state index is 14.9. The lowest BCUT2D eigenvalue weighted by Crippen LogP contribution is -2.46. The van der Waals surface area contributed by atoms with Gasteiger partial charge < -0.3 is 9.88 Å². The van der Waals surface area contributed by atoms with E-state index >= 15 is 0 Å². The summed E-state index contributed by atoms with van der Waals surface area (Å²) < 4.78 is 14.9. The maximum Gasteiger partial charge on any atom is 0.147 e. The molecule has 3 nitrogen and oxygen atoms in total. The normalized spacial score (nSPS) is 19.0. The third-order valence-electron chi connectivity index (χ3n) is 5.99. The summed E-state index contributed by atoms with van der Waals surface area (Å²) >= 11 is 5.74. The fourth-order valence-electron chi connectivity index (χ4n) is 4.46. The number of nitrogens with one attached hydrogen (secondary N) is 1. The van der Waals surface area contributed by atoms with E-state index in [9.17, 15) is 9.36 Å². The van der Waals surface area contributed by atoms with Crippen LogP contribution in [0.25, 0.3) is 0 Å². The first-order valence-electron chi connectivity index (χ1n) is 10.7. The van der Waals surface area contributed by atoms with E-state index in [1.165, 1.54) is 0 Å². The first kappa shape index (κ1) is 21.7. The monoisotopic (exact) mass is 447 g/mol. The largest absolute Gasteiger partial charge is 0.375 e. The fourth-order valence-corrected chi connectivity index (χ4v) is 8.51. The lowest BCUT2D eigenvalue weighted by molar-refractivity contribution is -0.122. The van der Waals surface area contributed by atoms with Crippen molar-refractivity contribution in [1.82, 2.24) is 5.32 Å². The molecule has 0 spiro atoms. The second-order valence-corrected chi connectivity index (χ2v) is 11.4. The molecule has 0 heterocycles. The minimum atomic E-state index is -3.09. The van der Waals surface area contributed by atoms with Crippen molar-refractivity contribution < 1.29 is 9.36 Å². The first-order valence-corrected chi connectivity index (χ1v) is 12.8. The quantitative estimate of drug-likeness (QED) is 0.433. The number of ketones is 1. The number of thiocarbonyl (C=S) groups is 1. The SMILES string of the molecule is O=C1CCCC(P(=O)(c2ccccc2)c2ccccc2)C1C(=S)NCc1ccccc1. The van der Waals surface area contributed by atoms with Crippen molar-refractivity contribution >= 4 is 40.7 Å². The van der Waals surface area contributed by atoms with Crippen molar-refractivity contribution in [2.24, 2.45) is 5.92 Å². The summed E-state index contributed by atoms with van der Waals surface area (Å²) in [7, 11) is -3.09. The van der Waals surface area contributed by atoms with Gasteiger partial charge in [0.1, 0.15) is 12.9 Å². The molecule has 5 heteroatoms. The van der Waals surface area contributed by atoms with E-state index < -0.39 is 13.1 Å². The average molecular weight is 448 g/mol. The number of benzene rings is 3. The molecule has 1 aliphatic carbocycles. The van der Waals surface area contributed by atoms with Gasteiger partial charge in [-0.2, -0.15) is 0 Å². The van der Waals surface area contributed by atoms with Crippen LogP contribution in [0.1, 0.15) is 24.8 Å². The number of hydrogen-bond donors (Lipinski definition) is 1. The van der Waals surface area contributed by atoms with Gasteiger partial charge in [-0.1, -0.05) is 103 Å². The number of carbonyl (C=O) groups is 1. The van der Waals surface area contributed by atoms with Gasteiger partial charge in [0.15, 0.2) is 0 Å². The van der Waals surface area contributed by atoms with Gasteiger partial charge in [0.05, 0.1) is 10.9 Å². The van der Waals surface area contributed by atoms with Gasteiger partial charge >= 0.3 is 0 Å². The van der Waals surface area contributed by atoms with Gasteiger partial charge in [0, 0.05) is 29.2 Å². The Bertz CT molecular complexity index is 1040. The van der Waals surface area contributed by atoms with Gasteiger partial charge in [-0.25, -0.2) is 0 Å². The lowest BCUT2D eigenvalue weighted by atomic mass is 9.87. The molecule has 4 rings (SSSR count). The van der Waals surface area contributed by atoms with E-state index in [0.29, 0.717) is 24.4 Å². The first-order chi connectivity index (χ1) is 15.1. The summed E-state index contributed by atoms with van der Waals surface area (Å²) in [5.74, 6) is -0.451. The molecular formula is C26H26NO2PS. The second kappa shape index (κ2) is 9.72. The predicted molar refractivity (Wildman–Crippen MR) is 132 cm³/mol. The van der Waals surface area contributed by atoms with Crippen LogP contribution in [0.5, 0.6) is 0 Å². The molecule has 31 heavy (non-hydrogen) atoms. The molecule has 2 unspecified atom stereocenters. The van der Waals surface area contributed by atoms with Crippen LogP contribution in [0.3, 0.4) is 0 Å². The van der Waals surface area contributed by atoms with Gasteiger partial charge in [0.25, 0.3) is 0 Å². The maximum atomic E-state index is 14.9. The molecular weight excluding hydrogens is 421 g/mol. The van der Waals surface area contributed by atoms with Gasteiger partial charge in [-0.05, 0) is 18.4 Å². The Morgan fingerprint density at radius 3 is 1.94 bits per heavy atom. The molecule has 3 aromatic carbocycles. The van der Waals surface area contributed by atoms with E-state index in [-0.39, 0.29) is 11.4 Å². The number of carbonyl (C=O) groups excluding carboxylic acids is 1. The molecule has 0 aliphatic heterocycles. The smallest absolute Gasteiger partial charge is 0.147 e. The summed E-state index contributed by atoms with van der Waals surface area (Å²) in [5, 5.41) is 4.87. The van der Waals surface area contributed by atoms with Crippen molar-refractivity contribution in [3.8, 4) is 0 Å². The Labute approximate surface area is 189 Å². The highest BCUT2D eigenvalue weighted by Gasteiger charge is 2.47. The zero-order valence-corrected chi connectivity index (χ0v) is 19.0. The predicted octanol–water partition coefficient (Wildman–Crippen LogP) is 4.86. The zero-order chi connectivity index (χ0) is 21.7. The Balaban J connectivity index is 1.71. The van der Waals surface area contributed by atoms with E-state index in [4.69, 9.17) is 12.2 Å². The van der Waals surface area contributed by atoms with Crippen LogP contribution in [0.2, 0.25) is 0 Å². The number of rotatable bonds is 6. The summed E-state index contributed by atoms with van der Waals surface area (Å²) in [4.78, 5) is 13.6. The van der Waals surface area contributed by atoms with Crippen molar-refractivity contribution in [1.29, 1.82) is 0 Å². The molecule has 0 radical (unpaired) electrons. The second-order valence-electron chi connectivity index (χ2n) is 7.94. The van der Waals surface area contributed by atoms with E-state index in [0.717, 1.165) is 22.6 Å². The van der Waals surface area contributed by atoms with Crippen molar-refractivity contribution in [2.45, 2.75) is 31.5 Å². The molecule has 0 aromatic heterocycles. The Kier molecular flexibility index (Phi) is 6.80. The Morgan fingerprint density at radius 1 is 0.871 bits per heavy atom. The molecule has 0 saturated heterocycles. The average Bonchev–Trinajstić information content (AvgIpc) is 2.83. The lowest BCUT2D eigenvalue weighted by Gasteiger charge is -2.37. The van der Waals surface area contributed by atoms with E-state index in [1.807, 2.05) is 91.0 Å². The van der Waals surface area contributed by atoms with Crippen LogP contribution in [-0.2, 0) is 15.9 Å². The third kappa shape index (κ3) is 4.56. The topological polar surface area (TPSA) is 46.2 Å². The van der Waals surface area contributed by atoms with Crippen LogP contribution in [0, 0.1) is 5.92 Å². The van der Waals surface area contributed by atoms with Crippen LogP contribution in [0.15, 0.2) is 91.0 Å². The molecule has 1 N–H and O–H groups in total. The number of hydrogen-bond acceptors (Lipinski definition) is 3. The molecule has 3 aromatic rings. The molecule has 1 saturated carbocycles. The zero-order valence-electron chi connectivity index (χ0n) is 17.3. The highest BCUT2D eigenvalue weighted by Crippen LogP contribution is 2.55. The standard InChI is InChI=1S/C26H26NO2PS/c28-23-17-10-18-24(25(23)26(31)27-19-20-11-4-1-5-12-20)30(29,21-13-6-2-7-14-21)22-15-8-3-9-16-22/h1-9,11-16,24-25H,10,17-19H2,(H,27,31). The minimum absolute atomic E-state index is 0.0916. The summed E-state index contributed by atoms with van der Waals surface area (Å²) in [5.41, 5.74) is 0.758. The van der Waals surface area contributed by atoms with Crippen molar-refractivity contribution in [2.75, 3.05) is 0 Å². The summed E-state index contributed by atoms with van der Waals surface area (Å²) in [6.45, 7) is 0.553. The molecule has 1 aliphatic rings. The van der Waals surface area contributed by atoms with Gasteiger partial charge in [0.2, 0.25) is 0 Å². The molecule has 2 atom stereocenters. The Hall–Kier alpha value is -2.55. The van der Waals surface area contributed by atoms with Crippen LogP contribution in [0.4, 0.5) is 0 Å². The summed E-state index contributed by atoms with van der Waals surface area (Å²) in [6.07, 6.45) is 1.94. The van der Waals surface area contributed by atoms with Gasteiger partial charge in [-0.15, -0.1) is 0 Å². The van der Waals surface area contributed by atoms with E-state index in [1.54, 1.807) is 0 Å². The molecule has 158 valence electrons. The number of Topliss-reactive ketones (excluding diaryl/α,β-unsaturated/α-hetero) is 1. The Morgan fingerprint density at radius 2 is 1.39 bits per heavy atom. The van der Waals surface area contributed by atoms with Gasteiger partial charge in [-0.3, -0.25) is 4.79 Å². The van der Waals surface area contributed by atoms with Crippen LogP contribution < -0.4 is 15.9 Å². The van der Waals surface area contributed by atoms with Crippen LogP contribution >= 0.6 is 19.4 Å². The van der Waals surface area contributed by atoms with Crippen molar-refractivity contribution in [3.05, 3.63) is 96.6 Å². The minimum Gasteiger partial charge on any atom is -0.375 e.